The first-order valence-electron chi connectivity index (χ1n) is 11.1. The maximum Gasteiger partial charge on any atom is 0.235 e. The molecule has 1 saturated carbocycles. The molecule has 34 heavy (non-hydrogen) atoms. The van der Waals surface area contributed by atoms with Gasteiger partial charge in [-0.3, -0.25) is 14.2 Å². The number of rotatable bonds is 6. The summed E-state index contributed by atoms with van der Waals surface area (Å²) in [5.74, 6) is -1.29. The van der Waals surface area contributed by atoms with Gasteiger partial charge in [-0.05, 0) is 37.1 Å². The molecular formula is C24H24FN5O3S. The molecule has 3 aromatic heterocycles. The molecule has 1 fully saturated rings. The number of sulfonamides is 1. The summed E-state index contributed by atoms with van der Waals surface area (Å²) in [5, 5.41) is 4.22. The van der Waals surface area contributed by atoms with E-state index in [4.69, 9.17) is 0 Å². The van der Waals surface area contributed by atoms with Crippen LogP contribution in [0.15, 0.2) is 49.1 Å². The van der Waals surface area contributed by atoms with Crippen molar-refractivity contribution in [3.63, 3.8) is 0 Å². The second-order valence-corrected chi connectivity index (χ2v) is 10.6. The van der Waals surface area contributed by atoms with Crippen molar-refractivity contribution in [3.05, 3.63) is 66.0 Å². The molecule has 0 bridgehead atoms. The summed E-state index contributed by atoms with van der Waals surface area (Å²) >= 11 is 0. The molecule has 1 aliphatic carbocycles. The van der Waals surface area contributed by atoms with Crippen LogP contribution < -0.4 is 4.72 Å². The normalized spacial score (nSPS) is 15.0. The van der Waals surface area contributed by atoms with Gasteiger partial charge < -0.3 is 4.98 Å². The van der Waals surface area contributed by atoms with Crippen molar-refractivity contribution in [3.8, 4) is 11.1 Å². The number of hydrogen-bond donors (Lipinski definition) is 2. The molecule has 3 heterocycles. The number of benzene rings is 1. The molecule has 0 spiro atoms. The Bertz CT molecular complexity index is 1490. The van der Waals surface area contributed by atoms with E-state index in [0.29, 0.717) is 23.9 Å². The van der Waals surface area contributed by atoms with E-state index in [1.165, 1.54) is 18.3 Å². The number of aromatic nitrogens is 4. The molecular weight excluding hydrogens is 457 g/mol. The topological polar surface area (TPSA) is 110 Å². The van der Waals surface area contributed by atoms with Crippen molar-refractivity contribution in [1.82, 2.24) is 19.7 Å². The Morgan fingerprint density at radius 3 is 2.65 bits per heavy atom. The predicted octanol–water partition coefficient (Wildman–Crippen LogP) is 4.41. The SMILES string of the molecule is Cn1cc(-c2cnc3[nH]cc(C(=O)c4cc(NS(=O)(=O)C5CCCCC5)ccc4F)c3c2)cn1. The molecule has 0 unspecified atom stereocenters. The Balaban J connectivity index is 1.47. The minimum atomic E-state index is -3.62. The molecule has 2 N–H and O–H groups in total. The summed E-state index contributed by atoms with van der Waals surface area (Å²) in [4.78, 5) is 20.7. The van der Waals surface area contributed by atoms with Crippen LogP contribution in [0.3, 0.4) is 0 Å². The zero-order chi connectivity index (χ0) is 23.9. The van der Waals surface area contributed by atoms with Crippen LogP contribution in [0.1, 0.15) is 48.0 Å². The molecule has 0 aliphatic heterocycles. The molecule has 0 atom stereocenters. The molecule has 8 nitrogen and oxygen atoms in total. The highest BCUT2D eigenvalue weighted by Crippen LogP contribution is 2.29. The van der Waals surface area contributed by atoms with Gasteiger partial charge in [0.2, 0.25) is 10.0 Å². The molecule has 5 rings (SSSR count). The third-order valence-electron chi connectivity index (χ3n) is 6.28. The first kappa shape index (κ1) is 22.3. The van der Waals surface area contributed by atoms with Gasteiger partial charge in [-0.15, -0.1) is 0 Å². The fourth-order valence-corrected chi connectivity index (χ4v) is 6.03. The van der Waals surface area contributed by atoms with Gasteiger partial charge in [0.05, 0.1) is 17.0 Å². The molecule has 10 heteroatoms. The molecule has 1 aromatic carbocycles. The zero-order valence-electron chi connectivity index (χ0n) is 18.6. The number of halogens is 1. The van der Waals surface area contributed by atoms with Crippen molar-refractivity contribution in [2.75, 3.05) is 4.72 Å². The number of ketones is 1. The number of hydrogen-bond acceptors (Lipinski definition) is 5. The average Bonchev–Trinajstić information content (AvgIpc) is 3.46. The number of nitrogens with one attached hydrogen (secondary N) is 2. The quantitative estimate of drug-likeness (QED) is 0.397. The summed E-state index contributed by atoms with van der Waals surface area (Å²) < 4.78 is 44.5. The first-order chi connectivity index (χ1) is 16.3. The number of carbonyl (C=O) groups excluding carboxylic acids is 1. The highest BCUT2D eigenvalue weighted by molar-refractivity contribution is 7.93. The Morgan fingerprint density at radius 1 is 1.12 bits per heavy atom. The van der Waals surface area contributed by atoms with E-state index in [2.05, 4.69) is 19.8 Å². The van der Waals surface area contributed by atoms with Crippen LogP contribution in [0.2, 0.25) is 0 Å². The lowest BCUT2D eigenvalue weighted by atomic mass is 10.0. The van der Waals surface area contributed by atoms with Gasteiger partial charge in [0.15, 0.2) is 5.78 Å². The zero-order valence-corrected chi connectivity index (χ0v) is 19.4. The number of H-pyrrole nitrogens is 1. The fraction of sp³-hybridized carbons (Fsp3) is 0.292. The molecule has 0 radical (unpaired) electrons. The van der Waals surface area contributed by atoms with Crippen LogP contribution in [-0.4, -0.2) is 39.2 Å². The lowest BCUT2D eigenvalue weighted by molar-refractivity contribution is 0.103. The third kappa shape index (κ3) is 4.21. The number of nitrogens with zero attached hydrogens (tertiary/aromatic N) is 3. The number of aromatic amines is 1. The van der Waals surface area contributed by atoms with Gasteiger partial charge in [-0.25, -0.2) is 17.8 Å². The van der Waals surface area contributed by atoms with Crippen molar-refractivity contribution >= 4 is 32.5 Å². The molecule has 176 valence electrons. The van der Waals surface area contributed by atoms with Crippen molar-refractivity contribution in [1.29, 1.82) is 0 Å². The summed E-state index contributed by atoms with van der Waals surface area (Å²) in [6.45, 7) is 0. The smallest absolute Gasteiger partial charge is 0.235 e. The standard InChI is InChI=1S/C24H24FN5O3S/c1-30-14-16(12-28-30)15-9-19-21(13-27-24(19)26-11-15)23(31)20-10-17(7-8-22(20)25)29-34(32,33)18-5-3-2-4-6-18/h7-14,18,29H,2-6H2,1H3,(H,26,27). The summed E-state index contributed by atoms with van der Waals surface area (Å²) in [7, 11) is -1.82. The van der Waals surface area contributed by atoms with Gasteiger partial charge in [0.1, 0.15) is 11.5 Å². The second kappa shape index (κ2) is 8.68. The van der Waals surface area contributed by atoms with Crippen LogP contribution in [0.5, 0.6) is 0 Å². The molecule has 0 saturated heterocycles. The summed E-state index contributed by atoms with van der Waals surface area (Å²) in [6, 6.07) is 5.51. The number of anilines is 1. The second-order valence-electron chi connectivity index (χ2n) is 8.66. The molecule has 0 amide bonds. The Morgan fingerprint density at radius 2 is 1.91 bits per heavy atom. The minimum absolute atomic E-state index is 0.171. The van der Waals surface area contributed by atoms with E-state index < -0.39 is 26.9 Å². The van der Waals surface area contributed by atoms with E-state index in [9.17, 15) is 17.6 Å². The maximum absolute atomic E-state index is 14.7. The first-order valence-corrected chi connectivity index (χ1v) is 12.7. The minimum Gasteiger partial charge on any atom is -0.345 e. The molecule has 1 aliphatic rings. The summed E-state index contributed by atoms with van der Waals surface area (Å²) in [6.07, 6.45) is 10.7. The van der Waals surface area contributed by atoms with E-state index in [0.717, 1.165) is 36.5 Å². The number of pyridine rings is 1. The predicted molar refractivity (Wildman–Crippen MR) is 128 cm³/mol. The van der Waals surface area contributed by atoms with Crippen LogP contribution in [0, 0.1) is 5.82 Å². The maximum atomic E-state index is 14.7. The van der Waals surface area contributed by atoms with E-state index in [1.54, 1.807) is 30.2 Å². The van der Waals surface area contributed by atoms with Crippen molar-refractivity contribution in [2.24, 2.45) is 7.05 Å². The van der Waals surface area contributed by atoms with Crippen LogP contribution in [-0.2, 0) is 17.1 Å². The highest BCUT2D eigenvalue weighted by Gasteiger charge is 2.28. The Kier molecular flexibility index (Phi) is 5.68. The van der Waals surface area contributed by atoms with Crippen LogP contribution in [0.4, 0.5) is 10.1 Å². The number of fused-ring (bicyclic) bond motifs is 1. The number of carbonyl (C=O) groups is 1. The van der Waals surface area contributed by atoms with Gasteiger partial charge in [0.25, 0.3) is 0 Å². The van der Waals surface area contributed by atoms with E-state index >= 15 is 0 Å². The Labute approximate surface area is 196 Å². The van der Waals surface area contributed by atoms with Crippen molar-refractivity contribution in [2.45, 2.75) is 37.4 Å². The largest absolute Gasteiger partial charge is 0.345 e. The van der Waals surface area contributed by atoms with E-state index in [1.807, 2.05) is 6.20 Å². The number of aryl methyl sites for hydroxylation is 1. The lowest BCUT2D eigenvalue weighted by Gasteiger charge is -2.22. The molecule has 4 aromatic rings. The third-order valence-corrected chi connectivity index (χ3v) is 8.15. The summed E-state index contributed by atoms with van der Waals surface area (Å²) in [5.41, 5.74) is 2.30. The van der Waals surface area contributed by atoms with E-state index in [-0.39, 0.29) is 16.8 Å². The lowest BCUT2D eigenvalue weighted by Crippen LogP contribution is -2.29. The van der Waals surface area contributed by atoms with Gasteiger partial charge in [-0.2, -0.15) is 5.10 Å². The average molecular weight is 482 g/mol. The van der Waals surface area contributed by atoms with Crippen molar-refractivity contribution < 1.29 is 17.6 Å². The fourth-order valence-electron chi connectivity index (χ4n) is 4.45. The van der Waals surface area contributed by atoms with Gasteiger partial charge >= 0.3 is 0 Å². The van der Waals surface area contributed by atoms with Crippen LogP contribution >= 0.6 is 0 Å². The Hall–Kier alpha value is -3.53. The van der Waals surface area contributed by atoms with Gasteiger partial charge in [-0.1, -0.05) is 19.3 Å². The monoisotopic (exact) mass is 481 g/mol. The van der Waals surface area contributed by atoms with Gasteiger partial charge in [0, 0.05) is 53.4 Å². The highest BCUT2D eigenvalue weighted by atomic mass is 32.2. The van der Waals surface area contributed by atoms with Crippen LogP contribution in [0.25, 0.3) is 22.2 Å².